The lowest BCUT2D eigenvalue weighted by molar-refractivity contribution is 0.863. The fourth-order valence-electron chi connectivity index (χ4n) is 2.47. The van der Waals surface area contributed by atoms with Crippen LogP contribution in [-0.4, -0.2) is 21.0 Å². The number of aryl methyl sites for hydroxylation is 1. The molecule has 7 heteroatoms. The van der Waals surface area contributed by atoms with Crippen molar-refractivity contribution in [2.75, 3.05) is 5.43 Å². The Morgan fingerprint density at radius 1 is 1.12 bits per heavy atom. The van der Waals surface area contributed by atoms with Gasteiger partial charge in [0.1, 0.15) is 5.15 Å². The van der Waals surface area contributed by atoms with E-state index in [1.165, 1.54) is 0 Å². The third-order valence-electron chi connectivity index (χ3n) is 3.70. The number of nitrogens with one attached hydrogen (secondary N) is 1. The minimum Gasteiger partial charge on any atom is -0.253 e. The molecule has 2 heterocycles. The maximum atomic E-state index is 6.48. The maximum absolute atomic E-state index is 6.48. The Labute approximate surface area is 153 Å². The summed E-state index contributed by atoms with van der Waals surface area (Å²) in [5, 5.41) is 10.0. The minimum absolute atomic E-state index is 0.526. The molecule has 1 N–H and O–H groups in total. The molecule has 0 radical (unpaired) electrons. The van der Waals surface area contributed by atoms with E-state index in [4.69, 9.17) is 11.6 Å². The first kappa shape index (κ1) is 15.8. The van der Waals surface area contributed by atoms with Gasteiger partial charge in [0.2, 0.25) is 5.13 Å². The number of rotatable bonds is 4. The van der Waals surface area contributed by atoms with E-state index in [9.17, 15) is 0 Å². The van der Waals surface area contributed by atoms with Crippen molar-refractivity contribution in [3.05, 3.63) is 71.0 Å². The van der Waals surface area contributed by atoms with Gasteiger partial charge in [-0.15, -0.1) is 0 Å². The fourth-order valence-corrected chi connectivity index (χ4v) is 3.61. The summed E-state index contributed by atoms with van der Waals surface area (Å²) < 4.78 is 2.82. The van der Waals surface area contributed by atoms with E-state index < -0.39 is 0 Å². The van der Waals surface area contributed by atoms with Gasteiger partial charge in [-0.1, -0.05) is 53.3 Å². The Morgan fingerprint density at radius 3 is 2.68 bits per heavy atom. The van der Waals surface area contributed by atoms with E-state index in [1.807, 2.05) is 61.5 Å². The number of nitrogens with zero attached hydrogens (tertiary/aromatic N) is 4. The van der Waals surface area contributed by atoms with Crippen LogP contribution in [0.3, 0.4) is 0 Å². The molecule has 0 aliphatic carbocycles. The number of hydrazone groups is 1. The van der Waals surface area contributed by atoms with Crippen LogP contribution < -0.4 is 5.43 Å². The van der Waals surface area contributed by atoms with E-state index in [0.717, 1.165) is 32.3 Å². The number of hydrogen-bond donors (Lipinski definition) is 1. The average molecular weight is 368 g/mol. The van der Waals surface area contributed by atoms with Crippen molar-refractivity contribution in [2.45, 2.75) is 6.92 Å². The van der Waals surface area contributed by atoms with Gasteiger partial charge >= 0.3 is 0 Å². The highest BCUT2D eigenvalue weighted by molar-refractivity contribution is 7.22. The van der Waals surface area contributed by atoms with Crippen LogP contribution in [0.4, 0.5) is 5.13 Å². The van der Waals surface area contributed by atoms with Crippen LogP contribution in [0, 0.1) is 6.92 Å². The number of hydrogen-bond acceptors (Lipinski definition) is 5. The predicted molar refractivity (Wildman–Crippen MR) is 104 cm³/mol. The summed E-state index contributed by atoms with van der Waals surface area (Å²) in [5.41, 5.74) is 6.42. The minimum atomic E-state index is 0.526. The average Bonchev–Trinajstić information content (AvgIpc) is 3.17. The molecule has 124 valence electrons. The lowest BCUT2D eigenvalue weighted by Gasteiger charge is -2.01. The molecule has 0 aliphatic heterocycles. The summed E-state index contributed by atoms with van der Waals surface area (Å²) >= 11 is 8.03. The summed E-state index contributed by atoms with van der Waals surface area (Å²) in [4.78, 5) is 4.48. The van der Waals surface area contributed by atoms with Crippen LogP contribution in [-0.2, 0) is 0 Å². The van der Waals surface area contributed by atoms with E-state index in [1.54, 1.807) is 22.2 Å². The molecule has 0 spiro atoms. The molecule has 0 unspecified atom stereocenters. The lowest BCUT2D eigenvalue weighted by Crippen LogP contribution is -1.96. The molecule has 25 heavy (non-hydrogen) atoms. The van der Waals surface area contributed by atoms with Crippen molar-refractivity contribution < 1.29 is 0 Å². The first-order valence-electron chi connectivity index (χ1n) is 7.67. The van der Waals surface area contributed by atoms with E-state index in [-0.39, 0.29) is 0 Å². The van der Waals surface area contributed by atoms with Crippen LogP contribution in [0.5, 0.6) is 0 Å². The number of fused-ring (bicyclic) bond motifs is 1. The zero-order valence-electron chi connectivity index (χ0n) is 13.3. The second kappa shape index (κ2) is 6.66. The number of aromatic nitrogens is 3. The van der Waals surface area contributed by atoms with Gasteiger partial charge in [-0.05, 0) is 31.2 Å². The van der Waals surface area contributed by atoms with E-state index >= 15 is 0 Å². The summed E-state index contributed by atoms with van der Waals surface area (Å²) in [6.07, 6.45) is 1.68. The maximum Gasteiger partial charge on any atom is 0.204 e. The van der Waals surface area contributed by atoms with Crippen molar-refractivity contribution in [2.24, 2.45) is 5.10 Å². The molecule has 0 amide bonds. The Kier molecular flexibility index (Phi) is 4.21. The van der Waals surface area contributed by atoms with E-state index in [0.29, 0.717) is 5.15 Å². The normalized spacial score (nSPS) is 11.4. The quantitative estimate of drug-likeness (QED) is 0.412. The van der Waals surface area contributed by atoms with Gasteiger partial charge < -0.3 is 0 Å². The first-order valence-corrected chi connectivity index (χ1v) is 8.87. The van der Waals surface area contributed by atoms with Gasteiger partial charge in [0.15, 0.2) is 0 Å². The zero-order valence-corrected chi connectivity index (χ0v) is 14.9. The van der Waals surface area contributed by atoms with Crippen LogP contribution in [0.2, 0.25) is 5.15 Å². The van der Waals surface area contributed by atoms with Gasteiger partial charge in [0.05, 0.1) is 33.4 Å². The van der Waals surface area contributed by atoms with Crippen molar-refractivity contribution in [3.63, 3.8) is 0 Å². The predicted octanol–water partition coefficient (Wildman–Crippen LogP) is 4.89. The monoisotopic (exact) mass is 367 g/mol. The van der Waals surface area contributed by atoms with Gasteiger partial charge in [-0.2, -0.15) is 10.2 Å². The molecule has 0 saturated heterocycles. The summed E-state index contributed by atoms with van der Waals surface area (Å²) in [7, 11) is 0. The largest absolute Gasteiger partial charge is 0.253 e. The fraction of sp³-hybridized carbons (Fsp3) is 0.0556. The molecular weight excluding hydrogens is 354 g/mol. The SMILES string of the molecule is Cc1nn(-c2ccccc2)c(Cl)c1/C=N/Nc1nc2ccccc2s1. The number of thiazole rings is 1. The summed E-state index contributed by atoms with van der Waals surface area (Å²) in [5.74, 6) is 0. The number of halogens is 1. The number of anilines is 1. The third-order valence-corrected chi connectivity index (χ3v) is 5.00. The second-order valence-corrected chi connectivity index (χ2v) is 6.78. The highest BCUT2D eigenvalue weighted by Gasteiger charge is 2.13. The third kappa shape index (κ3) is 3.14. The Bertz CT molecular complexity index is 1020. The van der Waals surface area contributed by atoms with Crippen molar-refractivity contribution in [1.29, 1.82) is 0 Å². The van der Waals surface area contributed by atoms with Crippen LogP contribution in [0.25, 0.3) is 15.9 Å². The molecular formula is C18H14ClN5S. The Balaban J connectivity index is 1.58. The molecule has 2 aromatic heterocycles. The first-order chi connectivity index (χ1) is 12.2. The molecule has 0 saturated carbocycles. The molecule has 0 aliphatic rings. The molecule has 2 aromatic carbocycles. The zero-order chi connectivity index (χ0) is 17.2. The number of para-hydroxylation sites is 2. The van der Waals surface area contributed by atoms with Crippen LogP contribution in [0.15, 0.2) is 59.7 Å². The molecule has 0 fully saturated rings. The van der Waals surface area contributed by atoms with Gasteiger partial charge in [0, 0.05) is 0 Å². The van der Waals surface area contributed by atoms with Crippen LogP contribution in [0.1, 0.15) is 11.3 Å². The Morgan fingerprint density at radius 2 is 1.88 bits per heavy atom. The van der Waals surface area contributed by atoms with Gasteiger partial charge in [-0.3, -0.25) is 5.43 Å². The van der Waals surface area contributed by atoms with E-state index in [2.05, 4.69) is 20.6 Å². The second-order valence-electron chi connectivity index (χ2n) is 5.39. The molecule has 5 nitrogen and oxygen atoms in total. The standard InChI is InChI=1S/C18H14ClN5S/c1-12-14(17(19)24(23-12)13-7-3-2-4-8-13)11-20-22-18-21-15-9-5-6-10-16(15)25-18/h2-11H,1H3,(H,21,22)/b20-11+. The lowest BCUT2D eigenvalue weighted by atomic mass is 10.3. The van der Waals surface area contributed by atoms with Gasteiger partial charge in [0.25, 0.3) is 0 Å². The molecule has 4 rings (SSSR count). The molecule has 0 bridgehead atoms. The highest BCUT2D eigenvalue weighted by atomic mass is 35.5. The van der Waals surface area contributed by atoms with Crippen LogP contribution >= 0.6 is 22.9 Å². The molecule has 4 aromatic rings. The summed E-state index contributed by atoms with van der Waals surface area (Å²) in [6.45, 7) is 1.91. The topological polar surface area (TPSA) is 55.1 Å². The van der Waals surface area contributed by atoms with Gasteiger partial charge in [-0.25, -0.2) is 9.67 Å². The summed E-state index contributed by atoms with van der Waals surface area (Å²) in [6, 6.07) is 17.7. The van der Waals surface area contributed by atoms with Crippen molar-refractivity contribution >= 4 is 44.5 Å². The molecule has 0 atom stereocenters. The number of benzene rings is 2. The smallest absolute Gasteiger partial charge is 0.204 e. The van der Waals surface area contributed by atoms with Crippen molar-refractivity contribution in [1.82, 2.24) is 14.8 Å². The Hall–Kier alpha value is -2.70. The highest BCUT2D eigenvalue weighted by Crippen LogP contribution is 2.26. The van der Waals surface area contributed by atoms with Crippen molar-refractivity contribution in [3.8, 4) is 5.69 Å².